The zero-order chi connectivity index (χ0) is 12.2. The highest BCUT2D eigenvalue weighted by Crippen LogP contribution is 2.31. The minimum atomic E-state index is -0.982. The summed E-state index contributed by atoms with van der Waals surface area (Å²) >= 11 is 0. The van der Waals surface area contributed by atoms with Crippen LogP contribution in [0.5, 0.6) is 0 Å². The van der Waals surface area contributed by atoms with Crippen molar-refractivity contribution in [3.8, 4) is 0 Å². The van der Waals surface area contributed by atoms with Gasteiger partial charge in [0.1, 0.15) is 5.54 Å². The summed E-state index contributed by atoms with van der Waals surface area (Å²) in [7, 11) is 2.08. The first kappa shape index (κ1) is 13.5. The Morgan fingerprint density at radius 1 is 1.56 bits per heavy atom. The van der Waals surface area contributed by atoms with Crippen LogP contribution in [0.3, 0.4) is 0 Å². The first-order valence-electron chi connectivity index (χ1n) is 6.22. The second kappa shape index (κ2) is 5.64. The number of nitrogens with two attached hydrogens (primary N) is 1. The summed E-state index contributed by atoms with van der Waals surface area (Å²) in [6.07, 6.45) is 5.74. The number of aliphatic carboxylic acids is 1. The van der Waals surface area contributed by atoms with Crippen LogP contribution >= 0.6 is 0 Å². The minimum absolute atomic E-state index is 0.345. The number of carboxylic acid groups (broad SMARTS) is 1. The fourth-order valence-electron chi connectivity index (χ4n) is 2.41. The lowest BCUT2D eigenvalue weighted by atomic mass is 9.99. The van der Waals surface area contributed by atoms with Crippen LogP contribution in [0.15, 0.2) is 0 Å². The second-order valence-electron chi connectivity index (χ2n) is 5.05. The van der Waals surface area contributed by atoms with E-state index < -0.39 is 11.5 Å². The van der Waals surface area contributed by atoms with E-state index in [2.05, 4.69) is 18.9 Å². The Hall–Kier alpha value is -0.610. The molecule has 0 amide bonds. The molecule has 1 rings (SSSR count). The third kappa shape index (κ3) is 3.19. The van der Waals surface area contributed by atoms with E-state index in [0.29, 0.717) is 18.9 Å². The van der Waals surface area contributed by atoms with Crippen molar-refractivity contribution in [2.75, 3.05) is 13.6 Å². The molecule has 2 atom stereocenters. The smallest absolute Gasteiger partial charge is 0.323 e. The fourth-order valence-corrected chi connectivity index (χ4v) is 2.41. The number of nitrogens with zero attached hydrogens (tertiary/aromatic N) is 1. The first-order valence-corrected chi connectivity index (χ1v) is 6.22. The van der Waals surface area contributed by atoms with E-state index in [-0.39, 0.29) is 0 Å². The summed E-state index contributed by atoms with van der Waals surface area (Å²) in [5.41, 5.74) is 4.88. The van der Waals surface area contributed by atoms with Crippen molar-refractivity contribution >= 4 is 5.97 Å². The molecular weight excluding hydrogens is 204 g/mol. The summed E-state index contributed by atoms with van der Waals surface area (Å²) in [5.74, 6) is -0.850. The average molecular weight is 228 g/mol. The van der Waals surface area contributed by atoms with Crippen LogP contribution in [-0.2, 0) is 4.79 Å². The van der Waals surface area contributed by atoms with Gasteiger partial charge < -0.3 is 15.7 Å². The highest BCUT2D eigenvalue weighted by Gasteiger charge is 2.43. The van der Waals surface area contributed by atoms with Crippen molar-refractivity contribution in [1.82, 2.24) is 4.90 Å². The van der Waals surface area contributed by atoms with Gasteiger partial charge in [-0.25, -0.2) is 0 Å². The average Bonchev–Trinajstić information content (AvgIpc) is 2.63. The van der Waals surface area contributed by atoms with E-state index in [1.165, 1.54) is 19.3 Å². The normalized spacial score (nSPS) is 29.9. The van der Waals surface area contributed by atoms with E-state index in [4.69, 9.17) is 10.8 Å². The molecular formula is C12H24N2O2. The summed E-state index contributed by atoms with van der Waals surface area (Å²) < 4.78 is 0. The van der Waals surface area contributed by atoms with Gasteiger partial charge in [0.15, 0.2) is 0 Å². The molecule has 2 unspecified atom stereocenters. The molecule has 1 fully saturated rings. The lowest BCUT2D eigenvalue weighted by molar-refractivity contribution is -0.143. The maximum Gasteiger partial charge on any atom is 0.323 e. The molecule has 0 aliphatic heterocycles. The number of carboxylic acids is 1. The molecule has 16 heavy (non-hydrogen) atoms. The number of carbonyl (C=O) groups is 1. The largest absolute Gasteiger partial charge is 0.480 e. The van der Waals surface area contributed by atoms with Gasteiger partial charge in [0.05, 0.1) is 0 Å². The third-order valence-corrected chi connectivity index (χ3v) is 3.69. The molecule has 0 aromatic rings. The van der Waals surface area contributed by atoms with Crippen LogP contribution < -0.4 is 5.73 Å². The number of hydrogen-bond donors (Lipinski definition) is 2. The van der Waals surface area contributed by atoms with Crippen LogP contribution in [0.1, 0.15) is 45.4 Å². The lowest BCUT2D eigenvalue weighted by Crippen LogP contribution is -2.47. The van der Waals surface area contributed by atoms with Gasteiger partial charge >= 0.3 is 5.97 Å². The SMILES string of the molecule is CCCCCN(C)C1CCC(N)(C(=O)O)C1. The Labute approximate surface area is 97.8 Å². The van der Waals surface area contributed by atoms with Crippen LogP contribution in [-0.4, -0.2) is 41.1 Å². The molecule has 94 valence electrons. The number of hydrogen-bond acceptors (Lipinski definition) is 3. The van der Waals surface area contributed by atoms with Crippen molar-refractivity contribution in [2.24, 2.45) is 5.73 Å². The van der Waals surface area contributed by atoms with E-state index in [1.54, 1.807) is 0 Å². The summed E-state index contributed by atoms with van der Waals surface area (Å²) in [4.78, 5) is 13.3. The molecule has 1 aliphatic carbocycles. The van der Waals surface area contributed by atoms with E-state index >= 15 is 0 Å². The van der Waals surface area contributed by atoms with Gasteiger partial charge in [0.25, 0.3) is 0 Å². The standard InChI is InChI=1S/C12H24N2O2/c1-3-4-5-8-14(2)10-6-7-12(13,9-10)11(15)16/h10H,3-9,13H2,1-2H3,(H,15,16). The molecule has 0 aromatic carbocycles. The van der Waals surface area contributed by atoms with Crippen molar-refractivity contribution in [3.05, 3.63) is 0 Å². The molecule has 4 heteroatoms. The third-order valence-electron chi connectivity index (χ3n) is 3.69. The summed E-state index contributed by atoms with van der Waals surface area (Å²) in [6.45, 7) is 3.24. The lowest BCUT2D eigenvalue weighted by Gasteiger charge is -2.25. The fraction of sp³-hybridized carbons (Fsp3) is 0.917. The van der Waals surface area contributed by atoms with Crippen LogP contribution in [0.2, 0.25) is 0 Å². The van der Waals surface area contributed by atoms with Crippen molar-refractivity contribution in [2.45, 2.75) is 57.0 Å². The molecule has 3 N–H and O–H groups in total. The zero-order valence-corrected chi connectivity index (χ0v) is 10.4. The molecule has 0 saturated heterocycles. The molecule has 0 heterocycles. The Morgan fingerprint density at radius 3 is 2.75 bits per heavy atom. The van der Waals surface area contributed by atoms with Crippen LogP contribution in [0.4, 0.5) is 0 Å². The molecule has 0 aromatic heterocycles. The Bertz CT molecular complexity index is 245. The van der Waals surface area contributed by atoms with Gasteiger partial charge in [0.2, 0.25) is 0 Å². The maximum absolute atomic E-state index is 11.0. The second-order valence-corrected chi connectivity index (χ2v) is 5.05. The molecule has 1 aliphatic rings. The van der Waals surface area contributed by atoms with E-state index in [1.807, 2.05) is 0 Å². The summed E-state index contributed by atoms with van der Waals surface area (Å²) in [5, 5.41) is 9.04. The Morgan fingerprint density at radius 2 is 2.25 bits per heavy atom. The highest BCUT2D eigenvalue weighted by molar-refractivity contribution is 5.79. The van der Waals surface area contributed by atoms with E-state index in [9.17, 15) is 4.79 Å². The van der Waals surface area contributed by atoms with Gasteiger partial charge in [-0.2, -0.15) is 0 Å². The molecule has 4 nitrogen and oxygen atoms in total. The maximum atomic E-state index is 11.0. The molecule has 0 radical (unpaired) electrons. The number of unbranched alkanes of at least 4 members (excludes halogenated alkanes) is 2. The molecule has 1 saturated carbocycles. The Kier molecular flexibility index (Phi) is 4.74. The topological polar surface area (TPSA) is 66.6 Å². The zero-order valence-electron chi connectivity index (χ0n) is 10.4. The quantitative estimate of drug-likeness (QED) is 0.675. The van der Waals surface area contributed by atoms with Crippen molar-refractivity contribution < 1.29 is 9.90 Å². The summed E-state index contributed by atoms with van der Waals surface area (Å²) in [6, 6.07) is 0.345. The van der Waals surface area contributed by atoms with Gasteiger partial charge in [0, 0.05) is 6.04 Å². The van der Waals surface area contributed by atoms with Gasteiger partial charge in [-0.15, -0.1) is 0 Å². The number of rotatable bonds is 6. The van der Waals surface area contributed by atoms with Crippen molar-refractivity contribution in [3.63, 3.8) is 0 Å². The van der Waals surface area contributed by atoms with Crippen LogP contribution in [0, 0.1) is 0 Å². The minimum Gasteiger partial charge on any atom is -0.480 e. The highest BCUT2D eigenvalue weighted by atomic mass is 16.4. The molecule has 0 bridgehead atoms. The first-order chi connectivity index (χ1) is 7.49. The van der Waals surface area contributed by atoms with E-state index in [0.717, 1.165) is 13.0 Å². The monoisotopic (exact) mass is 228 g/mol. The van der Waals surface area contributed by atoms with Crippen LogP contribution in [0.25, 0.3) is 0 Å². The van der Waals surface area contributed by atoms with Crippen molar-refractivity contribution in [1.29, 1.82) is 0 Å². The predicted molar refractivity (Wildman–Crippen MR) is 64.3 cm³/mol. The van der Waals surface area contributed by atoms with Gasteiger partial charge in [-0.05, 0) is 39.3 Å². The Balaban J connectivity index is 2.37. The van der Waals surface area contributed by atoms with Gasteiger partial charge in [-0.3, -0.25) is 4.79 Å². The predicted octanol–water partition coefficient (Wildman–Crippen LogP) is 1.44. The molecule has 0 spiro atoms. The van der Waals surface area contributed by atoms with Gasteiger partial charge in [-0.1, -0.05) is 19.8 Å².